The predicted molar refractivity (Wildman–Crippen MR) is 133 cm³/mol. The van der Waals surface area contributed by atoms with Crippen LogP contribution in [0.25, 0.3) is 11.1 Å². The van der Waals surface area contributed by atoms with Gasteiger partial charge >= 0.3 is 0 Å². The largest absolute Gasteiger partial charge is 0.399 e. The van der Waals surface area contributed by atoms with Gasteiger partial charge in [0, 0.05) is 17.0 Å². The maximum Gasteiger partial charge on any atom is 0.0583 e. The molecule has 0 unspecified atom stereocenters. The Morgan fingerprint density at radius 3 is 2.65 bits per heavy atom. The summed E-state index contributed by atoms with van der Waals surface area (Å²) in [5.74, 6) is 0.206. The molecular formula is C29H37NO. The van der Waals surface area contributed by atoms with E-state index in [1.54, 1.807) is 0 Å². The first-order valence-electron chi connectivity index (χ1n) is 12.0. The normalized spacial score (nSPS) is 25.1. The van der Waals surface area contributed by atoms with Crippen LogP contribution in [-0.4, -0.2) is 11.2 Å². The molecule has 0 aliphatic heterocycles. The fourth-order valence-electron chi connectivity index (χ4n) is 6.15. The molecule has 3 N–H and O–H groups in total. The van der Waals surface area contributed by atoms with Gasteiger partial charge in [0.25, 0.3) is 0 Å². The third-order valence-electron chi connectivity index (χ3n) is 7.72. The van der Waals surface area contributed by atoms with E-state index in [1.165, 1.54) is 53.5 Å². The van der Waals surface area contributed by atoms with Crippen molar-refractivity contribution in [3.63, 3.8) is 0 Å². The van der Waals surface area contributed by atoms with Gasteiger partial charge in [0.2, 0.25) is 0 Å². The second-order valence-corrected chi connectivity index (χ2v) is 9.60. The van der Waals surface area contributed by atoms with E-state index < -0.39 is 0 Å². The molecule has 31 heavy (non-hydrogen) atoms. The molecule has 4 rings (SSSR count). The quantitative estimate of drug-likeness (QED) is 0.354. The van der Waals surface area contributed by atoms with Crippen LogP contribution in [0.2, 0.25) is 0 Å². The monoisotopic (exact) mass is 415 g/mol. The van der Waals surface area contributed by atoms with Crippen LogP contribution in [0.5, 0.6) is 0 Å². The van der Waals surface area contributed by atoms with E-state index in [-0.39, 0.29) is 17.4 Å². The third kappa shape index (κ3) is 3.87. The van der Waals surface area contributed by atoms with Crippen LogP contribution < -0.4 is 5.73 Å². The van der Waals surface area contributed by atoms with Crippen LogP contribution in [0, 0.1) is 18.3 Å². The summed E-state index contributed by atoms with van der Waals surface area (Å²) in [4.78, 5) is 0. The zero-order valence-corrected chi connectivity index (χ0v) is 19.2. The molecular weight excluding hydrogens is 378 g/mol. The lowest BCUT2D eigenvalue weighted by Crippen LogP contribution is -2.29. The van der Waals surface area contributed by atoms with E-state index in [1.807, 2.05) is 6.07 Å². The number of aliphatic hydroxyl groups excluding tert-OH is 1. The number of anilines is 1. The Balaban J connectivity index is 1.86. The number of benzene rings is 2. The highest BCUT2D eigenvalue weighted by molar-refractivity contribution is 5.91. The van der Waals surface area contributed by atoms with Crippen LogP contribution in [0.1, 0.15) is 75.0 Å². The number of rotatable bonds is 8. The molecule has 0 saturated heterocycles. The van der Waals surface area contributed by atoms with Gasteiger partial charge in [0.1, 0.15) is 0 Å². The molecule has 0 spiro atoms. The molecule has 0 radical (unpaired) electrons. The number of fused-ring (bicyclic) bond motifs is 1. The summed E-state index contributed by atoms with van der Waals surface area (Å²) in [6.07, 6.45) is 8.61. The van der Waals surface area contributed by atoms with Crippen molar-refractivity contribution in [3.8, 4) is 0 Å². The molecule has 2 aromatic carbocycles. The van der Waals surface area contributed by atoms with Crippen LogP contribution in [0.4, 0.5) is 5.69 Å². The summed E-state index contributed by atoms with van der Waals surface area (Å²) >= 11 is 0. The molecule has 1 saturated carbocycles. The Bertz CT molecular complexity index is 973. The molecule has 0 heterocycles. The Morgan fingerprint density at radius 1 is 1.13 bits per heavy atom. The van der Waals surface area contributed by atoms with Crippen LogP contribution in [0.15, 0.2) is 60.7 Å². The number of hydrogen-bond donors (Lipinski definition) is 2. The van der Waals surface area contributed by atoms with Crippen LogP contribution in [0.3, 0.4) is 0 Å². The van der Waals surface area contributed by atoms with Crippen LogP contribution >= 0.6 is 0 Å². The molecule has 1 fully saturated rings. The number of hydrogen-bond acceptors (Lipinski definition) is 2. The highest BCUT2D eigenvalue weighted by atomic mass is 16.3. The Kier molecular flexibility index (Phi) is 6.39. The lowest BCUT2D eigenvalue weighted by Gasteiger charge is -2.37. The number of unbranched alkanes of at least 4 members (excludes halogenated alkanes) is 3. The summed E-state index contributed by atoms with van der Waals surface area (Å²) in [6, 6.07) is 16.9. The number of aliphatic hydroxyl groups is 1. The van der Waals surface area contributed by atoms with Crippen molar-refractivity contribution in [2.24, 2.45) is 11.3 Å². The second kappa shape index (κ2) is 9.04. The smallest absolute Gasteiger partial charge is 0.0583 e. The summed E-state index contributed by atoms with van der Waals surface area (Å²) in [5.41, 5.74) is 14.7. The van der Waals surface area contributed by atoms with Crippen molar-refractivity contribution in [2.45, 2.75) is 71.3 Å². The maximum absolute atomic E-state index is 11.1. The average Bonchev–Trinajstić information content (AvgIpc) is 3.28. The minimum atomic E-state index is -0.273. The molecule has 3 atom stereocenters. The van der Waals surface area contributed by atoms with Crippen molar-refractivity contribution in [1.82, 2.24) is 0 Å². The van der Waals surface area contributed by atoms with Gasteiger partial charge in [0.05, 0.1) is 6.10 Å². The number of allylic oxidation sites excluding steroid dienone is 3. The van der Waals surface area contributed by atoms with E-state index in [9.17, 15) is 5.11 Å². The van der Waals surface area contributed by atoms with Gasteiger partial charge in [-0.15, -0.1) is 0 Å². The molecule has 0 bridgehead atoms. The third-order valence-corrected chi connectivity index (χ3v) is 7.72. The zero-order chi connectivity index (χ0) is 22.0. The Morgan fingerprint density at radius 2 is 1.90 bits per heavy atom. The van der Waals surface area contributed by atoms with Gasteiger partial charge in [-0.25, -0.2) is 0 Å². The topological polar surface area (TPSA) is 46.2 Å². The van der Waals surface area contributed by atoms with Crippen molar-refractivity contribution < 1.29 is 5.11 Å². The minimum Gasteiger partial charge on any atom is -0.399 e. The summed E-state index contributed by atoms with van der Waals surface area (Å²) in [6.45, 7) is 9.12. The van der Waals surface area contributed by atoms with Gasteiger partial charge in [-0.05, 0) is 79.0 Å². The van der Waals surface area contributed by atoms with Gasteiger partial charge in [-0.3, -0.25) is 0 Å². The molecule has 2 aliphatic rings. The van der Waals surface area contributed by atoms with Crippen molar-refractivity contribution in [2.75, 3.05) is 5.73 Å². The number of nitrogen functional groups attached to an aromatic ring is 1. The lowest BCUT2D eigenvalue weighted by molar-refractivity contribution is 0.120. The summed E-state index contributed by atoms with van der Waals surface area (Å²) < 4.78 is 0. The summed E-state index contributed by atoms with van der Waals surface area (Å²) in [7, 11) is 0. The molecule has 2 aliphatic carbocycles. The minimum absolute atomic E-state index is 0.206. The van der Waals surface area contributed by atoms with Crippen molar-refractivity contribution in [3.05, 3.63) is 77.4 Å². The highest BCUT2D eigenvalue weighted by Gasteiger charge is 2.56. The maximum atomic E-state index is 11.1. The van der Waals surface area contributed by atoms with E-state index in [2.05, 4.69) is 62.9 Å². The van der Waals surface area contributed by atoms with Crippen molar-refractivity contribution >= 4 is 16.8 Å². The van der Waals surface area contributed by atoms with Gasteiger partial charge in [0.15, 0.2) is 0 Å². The first-order valence-corrected chi connectivity index (χ1v) is 12.0. The van der Waals surface area contributed by atoms with Gasteiger partial charge in [-0.2, -0.15) is 0 Å². The first-order chi connectivity index (χ1) is 15.0. The SMILES string of the molecule is C=C(c1ccccc1)[C@@]12CC[C@@H](O)[C@@H]1CC(CCCCCC)=C2c1cc(N)ccc1C. The zero-order valence-electron chi connectivity index (χ0n) is 19.2. The average molecular weight is 416 g/mol. The summed E-state index contributed by atoms with van der Waals surface area (Å²) in [5, 5.41) is 11.1. The Labute approximate surface area is 187 Å². The lowest BCUT2D eigenvalue weighted by atomic mass is 9.66. The van der Waals surface area contributed by atoms with E-state index >= 15 is 0 Å². The van der Waals surface area contributed by atoms with E-state index in [0.717, 1.165) is 36.9 Å². The van der Waals surface area contributed by atoms with Crippen molar-refractivity contribution in [1.29, 1.82) is 0 Å². The Hall–Kier alpha value is -2.32. The molecule has 0 amide bonds. The molecule has 2 aromatic rings. The van der Waals surface area contributed by atoms with E-state index in [0.29, 0.717) is 0 Å². The number of nitrogens with two attached hydrogens (primary N) is 1. The van der Waals surface area contributed by atoms with Crippen LogP contribution in [-0.2, 0) is 0 Å². The standard InChI is InChI=1S/C29H37NO/c1-4-5-6-8-13-23-18-26-27(31)16-17-29(26,21(3)22-11-9-7-10-12-22)28(23)25-19-24(30)15-14-20(25)2/h7,9-12,14-15,19,26-27,31H,3-6,8,13,16-18,30H2,1-2H3/t26-,27+,29-/m0/s1. The molecule has 2 heteroatoms. The second-order valence-electron chi connectivity index (χ2n) is 9.60. The van der Waals surface area contributed by atoms with Gasteiger partial charge < -0.3 is 10.8 Å². The number of aryl methyl sites for hydroxylation is 1. The fraction of sp³-hybridized carbons (Fsp3) is 0.448. The molecule has 0 aromatic heterocycles. The van der Waals surface area contributed by atoms with E-state index in [4.69, 9.17) is 5.73 Å². The first kappa shape index (κ1) is 21.9. The molecule has 164 valence electrons. The fourth-order valence-corrected chi connectivity index (χ4v) is 6.15. The highest BCUT2D eigenvalue weighted by Crippen LogP contribution is 2.66. The molecule has 2 nitrogen and oxygen atoms in total. The van der Waals surface area contributed by atoms with Gasteiger partial charge in [-0.1, -0.05) is 74.7 Å². The predicted octanol–water partition coefficient (Wildman–Crippen LogP) is 7.18.